The summed E-state index contributed by atoms with van der Waals surface area (Å²) in [6.45, 7) is 0. The molecular weight excluding hydrogens is 186 g/mol. The molecule has 0 aliphatic carbocycles. The van der Waals surface area contributed by atoms with Gasteiger partial charge in [0.05, 0.1) is 5.56 Å². The Kier molecular flexibility index (Phi) is 2.66. The summed E-state index contributed by atoms with van der Waals surface area (Å²) in [5.74, 6) is 1.33. The lowest BCUT2D eigenvalue weighted by atomic mass is 10.2. The summed E-state index contributed by atoms with van der Waals surface area (Å²) in [4.78, 5) is 0. The van der Waals surface area contributed by atoms with E-state index in [1.165, 1.54) is 0 Å². The summed E-state index contributed by atoms with van der Waals surface area (Å²) < 4.78 is 5.58. The molecule has 2 nitrogen and oxygen atoms in total. The summed E-state index contributed by atoms with van der Waals surface area (Å²) in [6, 6.07) is 18.7. The van der Waals surface area contributed by atoms with E-state index in [0.29, 0.717) is 11.3 Å². The van der Waals surface area contributed by atoms with E-state index in [0.717, 1.165) is 5.75 Å². The number of para-hydroxylation sites is 2. The van der Waals surface area contributed by atoms with Gasteiger partial charge in [0.25, 0.3) is 0 Å². The molecule has 0 radical (unpaired) electrons. The Morgan fingerprint density at radius 3 is 2.27 bits per heavy atom. The molecule has 0 N–H and O–H groups in total. The highest BCUT2D eigenvalue weighted by molar-refractivity contribution is 5.44. The van der Waals surface area contributed by atoms with Gasteiger partial charge in [-0.05, 0) is 24.3 Å². The highest BCUT2D eigenvalue weighted by Gasteiger charge is 2.01. The highest BCUT2D eigenvalue weighted by Crippen LogP contribution is 2.23. The largest absolute Gasteiger partial charge is 0.456 e. The van der Waals surface area contributed by atoms with Crippen molar-refractivity contribution < 1.29 is 4.74 Å². The molecule has 0 aliphatic heterocycles. The standard InChI is InChI=1S/C13H9NO/c14-10-11-6-4-5-9-13(11)15-12-7-2-1-3-8-12/h1-9H. The lowest BCUT2D eigenvalue weighted by molar-refractivity contribution is 0.481. The van der Waals surface area contributed by atoms with Gasteiger partial charge in [-0.3, -0.25) is 0 Å². The van der Waals surface area contributed by atoms with Crippen LogP contribution in [-0.4, -0.2) is 0 Å². The van der Waals surface area contributed by atoms with E-state index in [9.17, 15) is 0 Å². The quantitative estimate of drug-likeness (QED) is 0.736. The number of hydrogen-bond acceptors (Lipinski definition) is 2. The summed E-state index contributed by atoms with van der Waals surface area (Å²) in [5.41, 5.74) is 0.543. The van der Waals surface area contributed by atoms with Gasteiger partial charge in [-0.15, -0.1) is 0 Å². The topological polar surface area (TPSA) is 33.0 Å². The maximum atomic E-state index is 8.87. The molecule has 15 heavy (non-hydrogen) atoms. The third-order valence-electron chi connectivity index (χ3n) is 1.98. The van der Waals surface area contributed by atoms with Crippen molar-refractivity contribution in [2.45, 2.75) is 0 Å². The van der Waals surface area contributed by atoms with Crippen LogP contribution < -0.4 is 4.74 Å². The van der Waals surface area contributed by atoms with E-state index in [-0.39, 0.29) is 0 Å². The fraction of sp³-hybridized carbons (Fsp3) is 0. The molecule has 0 bridgehead atoms. The fourth-order valence-corrected chi connectivity index (χ4v) is 1.26. The normalized spacial score (nSPS) is 9.27. The van der Waals surface area contributed by atoms with Crippen molar-refractivity contribution in [1.29, 1.82) is 5.26 Å². The molecule has 0 fully saturated rings. The maximum Gasteiger partial charge on any atom is 0.145 e. The summed E-state index contributed by atoms with van der Waals surface area (Å²) in [6.07, 6.45) is 0. The van der Waals surface area contributed by atoms with Crippen LogP contribution in [0.1, 0.15) is 5.56 Å². The molecule has 0 aliphatic rings. The summed E-state index contributed by atoms with van der Waals surface area (Å²) in [7, 11) is 0. The van der Waals surface area contributed by atoms with Gasteiger partial charge < -0.3 is 4.74 Å². The molecule has 0 saturated carbocycles. The first-order valence-electron chi connectivity index (χ1n) is 4.62. The molecule has 0 atom stereocenters. The second-order valence-electron chi connectivity index (χ2n) is 3.02. The zero-order valence-electron chi connectivity index (χ0n) is 8.05. The Hall–Kier alpha value is -2.27. The van der Waals surface area contributed by atoms with E-state index in [4.69, 9.17) is 10.00 Å². The van der Waals surface area contributed by atoms with Gasteiger partial charge in [-0.1, -0.05) is 30.3 Å². The Morgan fingerprint density at radius 2 is 1.53 bits per heavy atom. The smallest absolute Gasteiger partial charge is 0.145 e. The third kappa shape index (κ3) is 2.15. The molecule has 2 aromatic rings. The van der Waals surface area contributed by atoms with Gasteiger partial charge in [-0.2, -0.15) is 5.26 Å². The van der Waals surface area contributed by atoms with Crippen LogP contribution >= 0.6 is 0 Å². The first-order chi connectivity index (χ1) is 7.40. The van der Waals surface area contributed by atoms with Crippen molar-refractivity contribution in [3.05, 3.63) is 60.2 Å². The first-order valence-corrected chi connectivity index (χ1v) is 4.62. The minimum Gasteiger partial charge on any atom is -0.456 e. The maximum absolute atomic E-state index is 8.87. The van der Waals surface area contributed by atoms with Crippen LogP contribution in [0.3, 0.4) is 0 Å². The van der Waals surface area contributed by atoms with E-state index in [1.807, 2.05) is 42.5 Å². The average Bonchev–Trinajstić information content (AvgIpc) is 2.31. The minimum absolute atomic E-state index is 0.543. The Morgan fingerprint density at radius 1 is 0.867 bits per heavy atom. The summed E-state index contributed by atoms with van der Waals surface area (Å²) in [5, 5.41) is 8.87. The van der Waals surface area contributed by atoms with Crippen LogP contribution in [0.5, 0.6) is 11.5 Å². The second kappa shape index (κ2) is 4.30. The zero-order chi connectivity index (χ0) is 10.5. The molecule has 0 saturated heterocycles. The number of ether oxygens (including phenoxy) is 1. The zero-order valence-corrected chi connectivity index (χ0v) is 8.05. The van der Waals surface area contributed by atoms with Gasteiger partial charge in [0, 0.05) is 0 Å². The predicted octanol–water partition coefficient (Wildman–Crippen LogP) is 3.35. The van der Waals surface area contributed by atoms with Crippen LogP contribution in [0.15, 0.2) is 54.6 Å². The van der Waals surface area contributed by atoms with Crippen molar-refractivity contribution in [3.63, 3.8) is 0 Å². The molecular formula is C13H9NO. The molecule has 0 amide bonds. The first kappa shape index (κ1) is 9.29. The van der Waals surface area contributed by atoms with Gasteiger partial charge in [-0.25, -0.2) is 0 Å². The number of hydrogen-bond donors (Lipinski definition) is 0. The number of nitrogens with zero attached hydrogens (tertiary/aromatic N) is 1. The highest BCUT2D eigenvalue weighted by atomic mass is 16.5. The van der Waals surface area contributed by atoms with Gasteiger partial charge in [0.15, 0.2) is 0 Å². The molecule has 0 spiro atoms. The van der Waals surface area contributed by atoms with Crippen molar-refractivity contribution in [3.8, 4) is 17.6 Å². The molecule has 72 valence electrons. The average molecular weight is 195 g/mol. The predicted molar refractivity (Wildman–Crippen MR) is 57.7 cm³/mol. The van der Waals surface area contributed by atoms with Crippen molar-refractivity contribution in [2.24, 2.45) is 0 Å². The third-order valence-corrected chi connectivity index (χ3v) is 1.98. The summed E-state index contributed by atoms with van der Waals surface area (Å²) >= 11 is 0. The van der Waals surface area contributed by atoms with E-state index in [2.05, 4.69) is 6.07 Å². The van der Waals surface area contributed by atoms with Crippen LogP contribution in [0.4, 0.5) is 0 Å². The van der Waals surface area contributed by atoms with Gasteiger partial charge >= 0.3 is 0 Å². The Labute approximate surface area is 88.4 Å². The lowest BCUT2D eigenvalue weighted by Crippen LogP contribution is -1.86. The monoisotopic (exact) mass is 195 g/mol. The molecule has 2 heteroatoms. The van der Waals surface area contributed by atoms with Gasteiger partial charge in [0.1, 0.15) is 17.6 Å². The second-order valence-corrected chi connectivity index (χ2v) is 3.02. The minimum atomic E-state index is 0.543. The Balaban J connectivity index is 2.29. The van der Waals surface area contributed by atoms with Crippen molar-refractivity contribution >= 4 is 0 Å². The number of benzene rings is 2. The number of nitriles is 1. The molecule has 0 heterocycles. The van der Waals surface area contributed by atoms with Crippen LogP contribution in [0.25, 0.3) is 0 Å². The van der Waals surface area contributed by atoms with Crippen LogP contribution in [0, 0.1) is 11.3 Å². The molecule has 2 rings (SSSR count). The molecule has 2 aromatic carbocycles. The van der Waals surface area contributed by atoms with E-state index >= 15 is 0 Å². The van der Waals surface area contributed by atoms with Crippen molar-refractivity contribution in [1.82, 2.24) is 0 Å². The van der Waals surface area contributed by atoms with Crippen molar-refractivity contribution in [2.75, 3.05) is 0 Å². The lowest BCUT2D eigenvalue weighted by Gasteiger charge is -2.06. The van der Waals surface area contributed by atoms with E-state index in [1.54, 1.807) is 12.1 Å². The number of rotatable bonds is 2. The van der Waals surface area contributed by atoms with Crippen LogP contribution in [0.2, 0.25) is 0 Å². The van der Waals surface area contributed by atoms with Gasteiger partial charge in [0.2, 0.25) is 0 Å². The Bertz CT molecular complexity index is 485. The molecule has 0 aromatic heterocycles. The molecule has 0 unspecified atom stereocenters. The van der Waals surface area contributed by atoms with E-state index < -0.39 is 0 Å². The van der Waals surface area contributed by atoms with Crippen LogP contribution in [-0.2, 0) is 0 Å². The SMILES string of the molecule is N#Cc1ccccc1Oc1ccccc1. The fourth-order valence-electron chi connectivity index (χ4n) is 1.26.